The van der Waals surface area contributed by atoms with Gasteiger partial charge in [-0.1, -0.05) is 0 Å². The molecule has 1 rings (SSSR count). The van der Waals surface area contributed by atoms with E-state index >= 15 is 0 Å². The predicted molar refractivity (Wildman–Crippen MR) is 80.1 cm³/mol. The van der Waals surface area contributed by atoms with Crippen molar-refractivity contribution in [3.8, 4) is 17.2 Å². The van der Waals surface area contributed by atoms with E-state index in [1.54, 1.807) is 20.3 Å². The SMILES string of the molecule is CCOC(=O)CCCCCOc1cc(OC)cc(OC)c1. The second-order valence-electron chi connectivity index (χ2n) is 4.51. The predicted octanol–water partition coefficient (Wildman–Crippen LogP) is 3.21. The number of carbonyl (C=O) groups excluding carboxylic acids is 1. The lowest BCUT2D eigenvalue weighted by Crippen LogP contribution is -2.04. The summed E-state index contributed by atoms with van der Waals surface area (Å²) in [4.78, 5) is 11.2. The molecule has 0 aliphatic rings. The Morgan fingerprint density at radius 2 is 1.57 bits per heavy atom. The minimum Gasteiger partial charge on any atom is -0.496 e. The first-order valence-corrected chi connectivity index (χ1v) is 7.21. The average molecular weight is 296 g/mol. The molecule has 0 fully saturated rings. The molecule has 0 bridgehead atoms. The van der Waals surface area contributed by atoms with E-state index in [0.717, 1.165) is 25.0 Å². The number of unbranched alkanes of at least 4 members (excludes halogenated alkanes) is 2. The Kier molecular flexibility index (Phi) is 8.09. The van der Waals surface area contributed by atoms with Crippen molar-refractivity contribution in [1.29, 1.82) is 0 Å². The van der Waals surface area contributed by atoms with Gasteiger partial charge in [-0.2, -0.15) is 0 Å². The van der Waals surface area contributed by atoms with Crippen molar-refractivity contribution in [3.05, 3.63) is 18.2 Å². The molecule has 0 saturated carbocycles. The molecule has 118 valence electrons. The molecule has 0 saturated heterocycles. The van der Waals surface area contributed by atoms with Gasteiger partial charge < -0.3 is 18.9 Å². The van der Waals surface area contributed by atoms with E-state index in [2.05, 4.69) is 0 Å². The summed E-state index contributed by atoms with van der Waals surface area (Å²) in [5, 5.41) is 0. The third-order valence-electron chi connectivity index (χ3n) is 2.92. The second kappa shape index (κ2) is 9.91. The highest BCUT2D eigenvalue weighted by atomic mass is 16.5. The minimum atomic E-state index is -0.129. The number of benzene rings is 1. The van der Waals surface area contributed by atoms with Gasteiger partial charge in [0.25, 0.3) is 0 Å². The Hall–Kier alpha value is -1.91. The maximum atomic E-state index is 11.2. The Morgan fingerprint density at radius 1 is 0.952 bits per heavy atom. The average Bonchev–Trinajstić information content (AvgIpc) is 2.50. The number of rotatable bonds is 10. The number of carbonyl (C=O) groups is 1. The lowest BCUT2D eigenvalue weighted by Gasteiger charge is -2.10. The van der Waals surface area contributed by atoms with Crippen LogP contribution in [0.1, 0.15) is 32.6 Å². The molecular formula is C16H24O5. The van der Waals surface area contributed by atoms with Crippen LogP contribution >= 0.6 is 0 Å². The minimum absolute atomic E-state index is 0.129. The molecule has 0 unspecified atom stereocenters. The van der Waals surface area contributed by atoms with E-state index in [9.17, 15) is 4.79 Å². The van der Waals surface area contributed by atoms with E-state index in [1.165, 1.54) is 0 Å². The highest BCUT2D eigenvalue weighted by molar-refractivity contribution is 5.69. The van der Waals surface area contributed by atoms with Crippen LogP contribution in [0, 0.1) is 0 Å². The summed E-state index contributed by atoms with van der Waals surface area (Å²) in [6.07, 6.45) is 3.11. The fourth-order valence-corrected chi connectivity index (χ4v) is 1.84. The van der Waals surface area contributed by atoms with E-state index in [1.807, 2.05) is 19.1 Å². The van der Waals surface area contributed by atoms with Gasteiger partial charge in [-0.05, 0) is 26.2 Å². The summed E-state index contributed by atoms with van der Waals surface area (Å²) < 4.78 is 20.9. The first-order valence-electron chi connectivity index (χ1n) is 7.21. The van der Waals surface area contributed by atoms with Crippen LogP contribution in [0.3, 0.4) is 0 Å². The zero-order valence-corrected chi connectivity index (χ0v) is 13.0. The maximum Gasteiger partial charge on any atom is 0.305 e. The van der Waals surface area contributed by atoms with E-state index in [4.69, 9.17) is 18.9 Å². The Labute approximate surface area is 126 Å². The van der Waals surface area contributed by atoms with Crippen molar-refractivity contribution < 1.29 is 23.7 Å². The topological polar surface area (TPSA) is 54.0 Å². The molecule has 5 nitrogen and oxygen atoms in total. The van der Waals surface area contributed by atoms with Crippen LogP contribution in [-0.4, -0.2) is 33.4 Å². The molecule has 5 heteroatoms. The third kappa shape index (κ3) is 6.88. The van der Waals surface area contributed by atoms with E-state index < -0.39 is 0 Å². The second-order valence-corrected chi connectivity index (χ2v) is 4.51. The number of hydrogen-bond acceptors (Lipinski definition) is 5. The summed E-state index contributed by atoms with van der Waals surface area (Å²) >= 11 is 0. The lowest BCUT2D eigenvalue weighted by molar-refractivity contribution is -0.143. The Balaban J connectivity index is 2.25. The molecule has 0 radical (unpaired) electrons. The van der Waals surface area contributed by atoms with Gasteiger partial charge in [0, 0.05) is 24.6 Å². The quantitative estimate of drug-likeness (QED) is 0.490. The standard InChI is InChI=1S/C16H24O5/c1-4-20-16(17)8-6-5-7-9-21-15-11-13(18-2)10-14(12-15)19-3/h10-12H,4-9H2,1-3H3. The van der Waals surface area contributed by atoms with Crippen molar-refractivity contribution in [2.45, 2.75) is 32.6 Å². The molecule has 0 heterocycles. The molecule has 0 amide bonds. The van der Waals surface area contributed by atoms with Crippen LogP contribution in [0.2, 0.25) is 0 Å². The van der Waals surface area contributed by atoms with Crippen LogP contribution in [0.4, 0.5) is 0 Å². The van der Waals surface area contributed by atoms with Crippen molar-refractivity contribution >= 4 is 5.97 Å². The van der Waals surface area contributed by atoms with Crippen LogP contribution in [0.5, 0.6) is 17.2 Å². The van der Waals surface area contributed by atoms with Gasteiger partial charge in [-0.15, -0.1) is 0 Å². The largest absolute Gasteiger partial charge is 0.496 e. The molecular weight excluding hydrogens is 272 g/mol. The van der Waals surface area contributed by atoms with Gasteiger partial charge in [0.2, 0.25) is 0 Å². The highest BCUT2D eigenvalue weighted by Gasteiger charge is 2.04. The monoisotopic (exact) mass is 296 g/mol. The smallest absolute Gasteiger partial charge is 0.305 e. The molecule has 0 aliphatic heterocycles. The number of methoxy groups -OCH3 is 2. The van der Waals surface area contributed by atoms with Gasteiger partial charge in [0.05, 0.1) is 27.4 Å². The van der Waals surface area contributed by atoms with E-state index in [-0.39, 0.29) is 5.97 Å². The zero-order valence-electron chi connectivity index (χ0n) is 13.0. The fourth-order valence-electron chi connectivity index (χ4n) is 1.84. The van der Waals surface area contributed by atoms with Gasteiger partial charge in [-0.25, -0.2) is 0 Å². The van der Waals surface area contributed by atoms with Gasteiger partial charge in [0.15, 0.2) is 0 Å². The summed E-state index contributed by atoms with van der Waals surface area (Å²) in [6.45, 7) is 2.85. The Morgan fingerprint density at radius 3 is 2.14 bits per heavy atom. The molecule has 1 aromatic carbocycles. The van der Waals surface area contributed by atoms with Crippen molar-refractivity contribution in [3.63, 3.8) is 0 Å². The molecule has 0 aliphatic carbocycles. The van der Waals surface area contributed by atoms with Gasteiger partial charge in [-0.3, -0.25) is 4.79 Å². The summed E-state index contributed by atoms with van der Waals surface area (Å²) in [7, 11) is 3.21. The van der Waals surface area contributed by atoms with E-state index in [0.29, 0.717) is 31.1 Å². The van der Waals surface area contributed by atoms with Crippen molar-refractivity contribution in [2.24, 2.45) is 0 Å². The number of esters is 1. The van der Waals surface area contributed by atoms with Crippen LogP contribution < -0.4 is 14.2 Å². The fraction of sp³-hybridized carbons (Fsp3) is 0.562. The van der Waals surface area contributed by atoms with Gasteiger partial charge >= 0.3 is 5.97 Å². The summed E-state index contributed by atoms with van der Waals surface area (Å²) in [5.41, 5.74) is 0. The zero-order chi connectivity index (χ0) is 15.5. The summed E-state index contributed by atoms with van der Waals surface area (Å²) in [5.74, 6) is 1.99. The molecule has 0 spiro atoms. The first-order chi connectivity index (χ1) is 10.2. The highest BCUT2D eigenvalue weighted by Crippen LogP contribution is 2.27. The molecule has 21 heavy (non-hydrogen) atoms. The summed E-state index contributed by atoms with van der Waals surface area (Å²) in [6, 6.07) is 5.44. The van der Waals surface area contributed by atoms with Gasteiger partial charge in [0.1, 0.15) is 17.2 Å². The molecule has 0 N–H and O–H groups in total. The third-order valence-corrected chi connectivity index (χ3v) is 2.92. The Bertz CT molecular complexity index is 408. The van der Waals surface area contributed by atoms with Crippen molar-refractivity contribution in [2.75, 3.05) is 27.4 Å². The lowest BCUT2D eigenvalue weighted by atomic mass is 10.2. The number of ether oxygens (including phenoxy) is 4. The van der Waals surface area contributed by atoms with Crippen LogP contribution in [0.15, 0.2) is 18.2 Å². The molecule has 0 atom stereocenters. The maximum absolute atomic E-state index is 11.2. The van der Waals surface area contributed by atoms with Crippen LogP contribution in [-0.2, 0) is 9.53 Å². The molecule has 1 aromatic rings. The van der Waals surface area contributed by atoms with Crippen molar-refractivity contribution in [1.82, 2.24) is 0 Å². The number of hydrogen-bond donors (Lipinski definition) is 0. The first kappa shape index (κ1) is 17.1. The normalized spacial score (nSPS) is 10.0. The van der Waals surface area contributed by atoms with Crippen LogP contribution in [0.25, 0.3) is 0 Å². The molecule has 0 aromatic heterocycles.